The molecule has 0 saturated carbocycles. The summed E-state index contributed by atoms with van der Waals surface area (Å²) >= 11 is 1.66. The number of rotatable bonds is 10. The predicted molar refractivity (Wildman–Crippen MR) is 119 cm³/mol. The number of hydrogen-bond acceptors (Lipinski definition) is 5. The largest absolute Gasteiger partial charge is 0.496 e. The average molecular weight is 426 g/mol. The Morgan fingerprint density at radius 2 is 1.63 bits per heavy atom. The van der Waals surface area contributed by atoms with Crippen molar-refractivity contribution in [2.24, 2.45) is 0 Å². The third-order valence-corrected chi connectivity index (χ3v) is 5.77. The molecule has 3 aromatic rings. The minimum Gasteiger partial charge on any atom is -0.496 e. The maximum absolute atomic E-state index is 13.2. The maximum Gasteiger partial charge on any atom is 0.223 e. The number of aryl methyl sites for hydroxylation is 1. The van der Waals surface area contributed by atoms with E-state index < -0.39 is 0 Å². The van der Waals surface area contributed by atoms with Crippen LogP contribution in [0, 0.1) is 0 Å². The second-order valence-electron chi connectivity index (χ2n) is 6.83. The molecule has 0 aliphatic carbocycles. The molecule has 1 heterocycles. The monoisotopic (exact) mass is 425 g/mol. The number of ether oxygens (including phenoxy) is 3. The van der Waals surface area contributed by atoms with Crippen molar-refractivity contribution in [3.05, 3.63) is 76.0 Å². The zero-order chi connectivity index (χ0) is 21.3. The molecule has 0 spiro atoms. The van der Waals surface area contributed by atoms with E-state index in [0.717, 1.165) is 21.8 Å². The quantitative estimate of drug-likeness (QED) is 0.462. The first-order chi connectivity index (χ1) is 14.6. The van der Waals surface area contributed by atoms with Crippen LogP contribution >= 0.6 is 11.3 Å². The molecule has 0 bridgehead atoms. The van der Waals surface area contributed by atoms with Crippen LogP contribution in [-0.2, 0) is 24.3 Å². The molecule has 0 unspecified atom stereocenters. The second-order valence-corrected chi connectivity index (χ2v) is 7.86. The summed E-state index contributed by atoms with van der Waals surface area (Å²) in [4.78, 5) is 16.2. The fraction of sp³-hybridized carbons (Fsp3) is 0.292. The smallest absolute Gasteiger partial charge is 0.223 e. The van der Waals surface area contributed by atoms with Gasteiger partial charge in [0.25, 0.3) is 0 Å². The van der Waals surface area contributed by atoms with Gasteiger partial charge in [0, 0.05) is 23.4 Å². The van der Waals surface area contributed by atoms with Crippen molar-refractivity contribution in [1.29, 1.82) is 0 Å². The van der Waals surface area contributed by atoms with Gasteiger partial charge >= 0.3 is 0 Å². The molecular weight excluding hydrogens is 398 g/mol. The van der Waals surface area contributed by atoms with Crippen LogP contribution in [0.4, 0.5) is 0 Å². The Kier molecular flexibility index (Phi) is 7.74. The first-order valence-electron chi connectivity index (χ1n) is 9.77. The number of benzene rings is 2. The third-order valence-electron chi connectivity index (χ3n) is 4.91. The molecule has 1 amide bonds. The van der Waals surface area contributed by atoms with Crippen LogP contribution in [0.25, 0.3) is 0 Å². The number of thiophene rings is 1. The highest BCUT2D eigenvalue weighted by Crippen LogP contribution is 2.28. The maximum atomic E-state index is 13.2. The van der Waals surface area contributed by atoms with Crippen LogP contribution in [0.3, 0.4) is 0 Å². The molecule has 6 heteroatoms. The summed E-state index contributed by atoms with van der Waals surface area (Å²) in [6, 6.07) is 17.7. The normalized spacial score (nSPS) is 10.5. The van der Waals surface area contributed by atoms with Gasteiger partial charge in [0.2, 0.25) is 5.91 Å². The first kappa shape index (κ1) is 21.7. The van der Waals surface area contributed by atoms with E-state index in [0.29, 0.717) is 37.4 Å². The van der Waals surface area contributed by atoms with E-state index in [4.69, 9.17) is 14.2 Å². The van der Waals surface area contributed by atoms with Gasteiger partial charge in [-0.3, -0.25) is 4.79 Å². The minimum atomic E-state index is 0.101. The Labute approximate surface area is 181 Å². The fourth-order valence-corrected chi connectivity index (χ4v) is 4.03. The van der Waals surface area contributed by atoms with Gasteiger partial charge in [-0.05, 0) is 41.6 Å². The molecule has 0 radical (unpaired) electrons. The molecule has 2 aromatic carbocycles. The van der Waals surface area contributed by atoms with Crippen molar-refractivity contribution in [2.45, 2.75) is 25.9 Å². The molecule has 0 saturated heterocycles. The molecule has 1 aromatic heterocycles. The summed E-state index contributed by atoms with van der Waals surface area (Å²) in [5, 5.41) is 2.03. The van der Waals surface area contributed by atoms with Gasteiger partial charge in [-0.2, -0.15) is 0 Å². The third kappa shape index (κ3) is 5.54. The number of hydrogen-bond donors (Lipinski definition) is 0. The molecule has 0 atom stereocenters. The molecule has 158 valence electrons. The Morgan fingerprint density at radius 1 is 0.867 bits per heavy atom. The van der Waals surface area contributed by atoms with E-state index in [1.807, 2.05) is 58.8 Å². The van der Waals surface area contributed by atoms with Crippen molar-refractivity contribution in [2.75, 3.05) is 21.3 Å². The van der Waals surface area contributed by atoms with Crippen molar-refractivity contribution in [1.82, 2.24) is 4.90 Å². The molecule has 5 nitrogen and oxygen atoms in total. The van der Waals surface area contributed by atoms with Crippen LogP contribution in [0.1, 0.15) is 22.4 Å². The van der Waals surface area contributed by atoms with Gasteiger partial charge in [-0.15, -0.1) is 11.3 Å². The average Bonchev–Trinajstić information content (AvgIpc) is 3.30. The minimum absolute atomic E-state index is 0.101. The summed E-state index contributed by atoms with van der Waals surface area (Å²) in [5.74, 6) is 2.25. The lowest BCUT2D eigenvalue weighted by molar-refractivity contribution is -0.132. The molecule has 30 heavy (non-hydrogen) atoms. The summed E-state index contributed by atoms with van der Waals surface area (Å²) in [7, 11) is 4.88. The topological polar surface area (TPSA) is 48.0 Å². The van der Waals surface area contributed by atoms with Gasteiger partial charge in [0.15, 0.2) is 11.5 Å². The van der Waals surface area contributed by atoms with E-state index in [1.165, 1.54) is 0 Å². The van der Waals surface area contributed by atoms with E-state index in [2.05, 4.69) is 6.07 Å². The lowest BCUT2D eigenvalue weighted by atomic mass is 10.1. The van der Waals surface area contributed by atoms with E-state index in [-0.39, 0.29) is 5.91 Å². The number of carbonyl (C=O) groups excluding carboxylic acids is 1. The van der Waals surface area contributed by atoms with Crippen molar-refractivity contribution in [3.63, 3.8) is 0 Å². The molecule has 3 rings (SSSR count). The number of methoxy groups -OCH3 is 3. The van der Waals surface area contributed by atoms with Crippen molar-refractivity contribution < 1.29 is 19.0 Å². The predicted octanol–water partition coefficient (Wildman–Crippen LogP) is 4.94. The van der Waals surface area contributed by atoms with Gasteiger partial charge < -0.3 is 19.1 Å². The van der Waals surface area contributed by atoms with Crippen molar-refractivity contribution >= 4 is 17.2 Å². The zero-order valence-electron chi connectivity index (χ0n) is 17.6. The Morgan fingerprint density at radius 3 is 2.33 bits per heavy atom. The van der Waals surface area contributed by atoms with E-state index in [1.54, 1.807) is 32.7 Å². The van der Waals surface area contributed by atoms with Crippen LogP contribution in [0.15, 0.2) is 60.0 Å². The molecule has 0 aliphatic heterocycles. The standard InChI is InChI=1S/C24H27NO4S/c1-27-21-9-5-4-7-19(21)16-25(17-20-8-6-14-30-20)24(26)13-11-18-10-12-22(28-2)23(15-18)29-3/h4-10,12,14-15H,11,13,16-17H2,1-3H3. The first-order valence-corrected chi connectivity index (χ1v) is 10.7. The number of carbonyl (C=O) groups is 1. The van der Waals surface area contributed by atoms with Gasteiger partial charge in [0.1, 0.15) is 5.75 Å². The zero-order valence-corrected chi connectivity index (χ0v) is 18.4. The fourth-order valence-electron chi connectivity index (χ4n) is 3.31. The highest BCUT2D eigenvalue weighted by atomic mass is 32.1. The van der Waals surface area contributed by atoms with Gasteiger partial charge in [0.05, 0.1) is 27.9 Å². The molecular formula is C24H27NO4S. The number of amides is 1. The molecule has 0 fully saturated rings. The highest BCUT2D eigenvalue weighted by molar-refractivity contribution is 7.09. The molecule has 0 aliphatic rings. The van der Waals surface area contributed by atoms with Crippen LogP contribution < -0.4 is 14.2 Å². The SMILES string of the molecule is COc1ccccc1CN(Cc1cccs1)C(=O)CCc1ccc(OC)c(OC)c1. The summed E-state index contributed by atoms with van der Waals surface area (Å²) in [6.45, 7) is 1.09. The Hall–Kier alpha value is -2.99. The van der Waals surface area contributed by atoms with Crippen LogP contribution in [0.5, 0.6) is 17.2 Å². The van der Waals surface area contributed by atoms with Gasteiger partial charge in [-0.25, -0.2) is 0 Å². The highest BCUT2D eigenvalue weighted by Gasteiger charge is 2.17. The van der Waals surface area contributed by atoms with Crippen LogP contribution in [-0.4, -0.2) is 32.1 Å². The number of para-hydroxylation sites is 1. The summed E-state index contributed by atoms with van der Waals surface area (Å²) in [5.41, 5.74) is 2.03. The summed E-state index contributed by atoms with van der Waals surface area (Å²) in [6.07, 6.45) is 1.04. The van der Waals surface area contributed by atoms with E-state index >= 15 is 0 Å². The number of nitrogens with zero attached hydrogens (tertiary/aromatic N) is 1. The lowest BCUT2D eigenvalue weighted by Crippen LogP contribution is -2.30. The molecule has 0 N–H and O–H groups in total. The van der Waals surface area contributed by atoms with Gasteiger partial charge in [-0.1, -0.05) is 30.3 Å². The second kappa shape index (κ2) is 10.7. The van der Waals surface area contributed by atoms with Crippen LogP contribution in [0.2, 0.25) is 0 Å². The lowest BCUT2D eigenvalue weighted by Gasteiger charge is -2.23. The Balaban J connectivity index is 1.73. The Bertz CT molecular complexity index is 956. The van der Waals surface area contributed by atoms with E-state index in [9.17, 15) is 4.79 Å². The van der Waals surface area contributed by atoms with Crippen molar-refractivity contribution in [3.8, 4) is 17.2 Å². The summed E-state index contributed by atoms with van der Waals surface area (Å²) < 4.78 is 16.1.